The molecule has 1 saturated heterocycles. The molecule has 1 aliphatic rings. The molecular weight excluding hydrogens is 309 g/mol. The van der Waals surface area contributed by atoms with Gasteiger partial charge in [0, 0.05) is 19.1 Å². The minimum atomic E-state index is -0.253. The third-order valence-electron chi connectivity index (χ3n) is 3.65. The summed E-state index contributed by atoms with van der Waals surface area (Å²) >= 11 is 0. The molecule has 0 spiro atoms. The molecule has 0 saturated carbocycles. The molecule has 0 atom stereocenters. The number of carbonyl (C=O) groups is 1. The highest BCUT2D eigenvalue weighted by atomic mass is 19.1. The van der Waals surface area contributed by atoms with Crippen LogP contribution in [0.5, 0.6) is 0 Å². The van der Waals surface area contributed by atoms with Gasteiger partial charge in [0.1, 0.15) is 5.52 Å². The number of aromatic nitrogens is 2. The maximum atomic E-state index is 13.2. The van der Waals surface area contributed by atoms with Crippen LogP contribution < -0.4 is 0 Å². The van der Waals surface area contributed by atoms with Gasteiger partial charge in [-0.1, -0.05) is 19.9 Å². The maximum Gasteiger partial charge on any atom is 0.409 e. The van der Waals surface area contributed by atoms with Gasteiger partial charge in [0.25, 0.3) is 0 Å². The molecular formula is C18H28FN3O2. The van der Waals surface area contributed by atoms with Gasteiger partial charge < -0.3 is 14.2 Å². The van der Waals surface area contributed by atoms with E-state index in [0.717, 1.165) is 31.4 Å². The van der Waals surface area contributed by atoms with Crippen molar-refractivity contribution in [3.8, 4) is 0 Å². The van der Waals surface area contributed by atoms with Crippen molar-refractivity contribution in [2.45, 2.75) is 46.6 Å². The number of halogens is 1. The van der Waals surface area contributed by atoms with E-state index in [4.69, 9.17) is 0 Å². The molecule has 2 heterocycles. The predicted octanol–water partition coefficient (Wildman–Crippen LogP) is 4.63. The summed E-state index contributed by atoms with van der Waals surface area (Å²) in [5, 5.41) is 0. The van der Waals surface area contributed by atoms with E-state index in [0.29, 0.717) is 11.6 Å². The lowest BCUT2D eigenvalue weighted by atomic mass is 10.3. The molecule has 134 valence electrons. The van der Waals surface area contributed by atoms with Gasteiger partial charge >= 0.3 is 6.09 Å². The van der Waals surface area contributed by atoms with Crippen molar-refractivity contribution < 1.29 is 13.9 Å². The van der Waals surface area contributed by atoms with Gasteiger partial charge in [0.05, 0.1) is 19.0 Å². The van der Waals surface area contributed by atoms with Crippen molar-refractivity contribution in [3.05, 3.63) is 30.3 Å². The summed E-state index contributed by atoms with van der Waals surface area (Å²) in [5.74, 6) is -0.253. The summed E-state index contributed by atoms with van der Waals surface area (Å²) in [4.78, 5) is 16.5. The Morgan fingerprint density at radius 1 is 1.25 bits per heavy atom. The number of carbonyl (C=O) groups excluding carboxylic acids is 1. The number of methoxy groups -OCH3 is 1. The fourth-order valence-electron chi connectivity index (χ4n) is 2.46. The first kappa shape index (κ1) is 19.9. The van der Waals surface area contributed by atoms with Gasteiger partial charge in [-0.05, 0) is 38.8 Å². The molecule has 1 aromatic carbocycles. The van der Waals surface area contributed by atoms with Gasteiger partial charge in [0.15, 0.2) is 5.82 Å². The van der Waals surface area contributed by atoms with Crippen LogP contribution in [0.2, 0.25) is 0 Å². The quantitative estimate of drug-likeness (QED) is 0.762. The van der Waals surface area contributed by atoms with E-state index in [2.05, 4.69) is 9.72 Å². The zero-order valence-electron chi connectivity index (χ0n) is 15.3. The number of hydrogen-bond acceptors (Lipinski definition) is 3. The molecule has 1 aliphatic heterocycles. The van der Waals surface area contributed by atoms with Crippen LogP contribution in [-0.4, -0.2) is 40.7 Å². The highest BCUT2D eigenvalue weighted by molar-refractivity contribution is 5.75. The number of likely N-dealkylation sites (tertiary alicyclic amines) is 1. The van der Waals surface area contributed by atoms with Crippen LogP contribution in [0.4, 0.5) is 9.18 Å². The topological polar surface area (TPSA) is 47.4 Å². The van der Waals surface area contributed by atoms with Crippen LogP contribution in [0.15, 0.2) is 24.5 Å². The second-order valence-electron chi connectivity index (χ2n) is 5.52. The number of ether oxygens (including phenoxy) is 1. The number of amides is 1. The predicted molar refractivity (Wildman–Crippen MR) is 94.6 cm³/mol. The molecule has 0 aliphatic carbocycles. The summed E-state index contributed by atoms with van der Waals surface area (Å²) in [7, 11) is 1.42. The monoisotopic (exact) mass is 337 g/mol. The second kappa shape index (κ2) is 9.90. The van der Waals surface area contributed by atoms with E-state index in [9.17, 15) is 9.18 Å². The van der Waals surface area contributed by atoms with Crippen LogP contribution >= 0.6 is 0 Å². The summed E-state index contributed by atoms with van der Waals surface area (Å²) in [5.41, 5.74) is 1.31. The Hall–Kier alpha value is -2.11. The molecule has 6 heteroatoms. The number of benzene rings is 1. The molecule has 0 radical (unpaired) electrons. The fraction of sp³-hybridized carbons (Fsp3) is 0.556. The molecule has 5 nitrogen and oxygen atoms in total. The van der Waals surface area contributed by atoms with Crippen LogP contribution in [0.1, 0.15) is 46.6 Å². The Morgan fingerprint density at radius 3 is 2.42 bits per heavy atom. The number of para-hydroxylation sites is 1. The lowest BCUT2D eigenvalue weighted by Crippen LogP contribution is -2.27. The molecule has 1 amide bonds. The van der Waals surface area contributed by atoms with Crippen molar-refractivity contribution in [2.75, 3.05) is 20.2 Å². The third kappa shape index (κ3) is 4.94. The summed E-state index contributed by atoms with van der Waals surface area (Å²) in [6.07, 6.45) is 3.73. The van der Waals surface area contributed by atoms with Crippen LogP contribution in [0.25, 0.3) is 11.0 Å². The molecule has 24 heavy (non-hydrogen) atoms. The first-order chi connectivity index (χ1) is 11.5. The van der Waals surface area contributed by atoms with Crippen LogP contribution in [-0.2, 0) is 4.74 Å². The Labute approximate surface area is 143 Å². The number of rotatable bonds is 1. The van der Waals surface area contributed by atoms with Crippen LogP contribution in [0.3, 0.4) is 0 Å². The number of nitrogens with zero attached hydrogens (tertiary/aromatic N) is 3. The van der Waals surface area contributed by atoms with Crippen molar-refractivity contribution in [1.29, 1.82) is 0 Å². The summed E-state index contributed by atoms with van der Waals surface area (Å²) in [6, 6.07) is 5.33. The van der Waals surface area contributed by atoms with Crippen molar-refractivity contribution >= 4 is 17.1 Å². The van der Waals surface area contributed by atoms with Gasteiger partial charge in [0.2, 0.25) is 0 Å². The Morgan fingerprint density at radius 2 is 1.88 bits per heavy atom. The molecule has 3 rings (SSSR count). The van der Waals surface area contributed by atoms with E-state index in [1.807, 2.05) is 38.3 Å². The number of imidazole rings is 1. The Bertz CT molecular complexity index is 634. The Kier molecular flexibility index (Phi) is 8.22. The van der Waals surface area contributed by atoms with Gasteiger partial charge in [-0.3, -0.25) is 0 Å². The van der Waals surface area contributed by atoms with Gasteiger partial charge in [-0.2, -0.15) is 0 Å². The van der Waals surface area contributed by atoms with Gasteiger partial charge in [-0.25, -0.2) is 14.2 Å². The second-order valence-corrected chi connectivity index (χ2v) is 5.52. The lowest BCUT2D eigenvalue weighted by Gasteiger charge is -2.11. The summed E-state index contributed by atoms with van der Waals surface area (Å²) < 4.78 is 19.7. The Balaban J connectivity index is 0.000000230. The van der Waals surface area contributed by atoms with E-state index in [-0.39, 0.29) is 11.9 Å². The maximum absolute atomic E-state index is 13.2. The smallest absolute Gasteiger partial charge is 0.409 e. The molecule has 0 N–H and O–H groups in total. The van der Waals surface area contributed by atoms with E-state index in [1.54, 1.807) is 17.3 Å². The number of hydrogen-bond donors (Lipinski definition) is 0. The minimum absolute atomic E-state index is 0.187. The normalized spacial score (nSPS) is 13.2. The van der Waals surface area contributed by atoms with Crippen molar-refractivity contribution in [1.82, 2.24) is 14.5 Å². The van der Waals surface area contributed by atoms with Crippen molar-refractivity contribution in [3.63, 3.8) is 0 Å². The highest BCUT2D eigenvalue weighted by Gasteiger charge is 2.17. The summed E-state index contributed by atoms with van der Waals surface area (Å²) in [6.45, 7) is 9.83. The van der Waals surface area contributed by atoms with Gasteiger partial charge in [-0.15, -0.1) is 0 Å². The molecule has 2 aromatic rings. The van der Waals surface area contributed by atoms with Crippen molar-refractivity contribution in [2.24, 2.45) is 0 Å². The van der Waals surface area contributed by atoms with Crippen LogP contribution in [0, 0.1) is 5.82 Å². The lowest BCUT2D eigenvalue weighted by molar-refractivity contribution is 0.133. The SMILES string of the molecule is CC.CC(C)n1cnc2c(F)cccc21.COC(=O)N1CCCC1. The largest absolute Gasteiger partial charge is 0.453 e. The first-order valence-corrected chi connectivity index (χ1v) is 8.48. The van der Waals surface area contributed by atoms with E-state index < -0.39 is 0 Å². The number of fused-ring (bicyclic) bond motifs is 1. The average molecular weight is 337 g/mol. The minimum Gasteiger partial charge on any atom is -0.453 e. The zero-order chi connectivity index (χ0) is 18.1. The van der Waals surface area contributed by atoms with E-state index >= 15 is 0 Å². The molecule has 0 bridgehead atoms. The first-order valence-electron chi connectivity index (χ1n) is 8.48. The average Bonchev–Trinajstić information content (AvgIpc) is 3.27. The molecule has 1 fully saturated rings. The molecule has 0 unspecified atom stereocenters. The third-order valence-corrected chi connectivity index (χ3v) is 3.65. The highest BCUT2D eigenvalue weighted by Crippen LogP contribution is 2.19. The zero-order valence-corrected chi connectivity index (χ0v) is 15.3. The molecule has 1 aromatic heterocycles. The fourth-order valence-corrected chi connectivity index (χ4v) is 2.46. The standard InChI is InChI=1S/C10H11FN2.C6H11NO2.C2H6/c1-7(2)13-6-12-10-8(11)4-3-5-9(10)13;1-9-6(8)7-4-2-3-5-7;1-2/h3-7H,1-2H3;2-5H2,1H3;1-2H3. The van der Waals surface area contributed by atoms with E-state index in [1.165, 1.54) is 13.2 Å².